The van der Waals surface area contributed by atoms with Crippen molar-refractivity contribution in [2.24, 2.45) is 5.92 Å². The highest BCUT2D eigenvalue weighted by Crippen LogP contribution is 2.26. The van der Waals surface area contributed by atoms with Crippen LogP contribution < -0.4 is 0 Å². The van der Waals surface area contributed by atoms with E-state index in [0.717, 1.165) is 5.92 Å². The van der Waals surface area contributed by atoms with Crippen molar-refractivity contribution in [3.05, 3.63) is 17.4 Å². The Morgan fingerprint density at radius 3 is 2.73 bits per heavy atom. The summed E-state index contributed by atoms with van der Waals surface area (Å²) < 4.78 is 0. The SMILES string of the molecule is CCCC1=C=CCCCCCCC1CC. The van der Waals surface area contributed by atoms with Crippen LogP contribution in [0.4, 0.5) is 0 Å². The molecule has 0 saturated heterocycles. The topological polar surface area (TPSA) is 0 Å². The quantitative estimate of drug-likeness (QED) is 0.553. The van der Waals surface area contributed by atoms with Crippen LogP contribution in [0.5, 0.6) is 0 Å². The molecule has 1 rings (SSSR count). The molecule has 0 heteroatoms. The summed E-state index contributed by atoms with van der Waals surface area (Å²) in [5.41, 5.74) is 5.18. The van der Waals surface area contributed by atoms with Gasteiger partial charge < -0.3 is 0 Å². The van der Waals surface area contributed by atoms with E-state index < -0.39 is 0 Å². The third-order valence-corrected chi connectivity index (χ3v) is 3.44. The zero-order chi connectivity index (χ0) is 10.9. The highest BCUT2D eigenvalue weighted by molar-refractivity contribution is 5.06. The van der Waals surface area contributed by atoms with Crippen molar-refractivity contribution < 1.29 is 0 Å². The fourth-order valence-electron chi connectivity index (χ4n) is 2.48. The van der Waals surface area contributed by atoms with Gasteiger partial charge in [-0.1, -0.05) is 39.5 Å². The molecular weight excluding hydrogens is 180 g/mol. The van der Waals surface area contributed by atoms with Crippen molar-refractivity contribution in [2.45, 2.75) is 71.6 Å². The first-order chi connectivity index (χ1) is 7.38. The van der Waals surface area contributed by atoms with Gasteiger partial charge in [-0.05, 0) is 49.7 Å². The fraction of sp³-hybridized carbons (Fsp3) is 0.800. The Kier molecular flexibility index (Phi) is 6.52. The lowest BCUT2D eigenvalue weighted by Crippen LogP contribution is -2.03. The van der Waals surface area contributed by atoms with E-state index in [0.29, 0.717) is 0 Å². The van der Waals surface area contributed by atoms with E-state index in [1.165, 1.54) is 57.8 Å². The normalized spacial score (nSPS) is 23.6. The van der Waals surface area contributed by atoms with Crippen molar-refractivity contribution in [3.63, 3.8) is 0 Å². The maximum atomic E-state index is 3.58. The second-order valence-corrected chi connectivity index (χ2v) is 4.72. The van der Waals surface area contributed by atoms with E-state index in [2.05, 4.69) is 25.7 Å². The Hall–Kier alpha value is -0.480. The molecule has 0 spiro atoms. The van der Waals surface area contributed by atoms with Crippen LogP contribution in [-0.4, -0.2) is 0 Å². The van der Waals surface area contributed by atoms with Crippen LogP contribution in [0.3, 0.4) is 0 Å². The van der Waals surface area contributed by atoms with Crippen LogP contribution in [0.15, 0.2) is 17.4 Å². The van der Waals surface area contributed by atoms with Gasteiger partial charge in [0.25, 0.3) is 0 Å². The first-order valence-corrected chi connectivity index (χ1v) is 6.82. The van der Waals surface area contributed by atoms with Crippen LogP contribution in [-0.2, 0) is 0 Å². The first-order valence-electron chi connectivity index (χ1n) is 6.82. The van der Waals surface area contributed by atoms with Gasteiger partial charge in [0.05, 0.1) is 0 Å². The molecule has 0 aromatic heterocycles. The summed E-state index contributed by atoms with van der Waals surface area (Å²) in [4.78, 5) is 0. The third kappa shape index (κ3) is 4.71. The van der Waals surface area contributed by atoms with Crippen molar-refractivity contribution in [1.29, 1.82) is 0 Å². The number of rotatable bonds is 3. The maximum Gasteiger partial charge on any atom is -0.0130 e. The molecule has 0 aromatic rings. The summed E-state index contributed by atoms with van der Waals surface area (Å²) in [5, 5.41) is 0. The lowest BCUT2D eigenvalue weighted by Gasteiger charge is -2.17. The third-order valence-electron chi connectivity index (χ3n) is 3.44. The van der Waals surface area contributed by atoms with Crippen LogP contribution in [0.25, 0.3) is 0 Å². The number of hydrogen-bond acceptors (Lipinski definition) is 0. The largest absolute Gasteiger partial charge is 0.126 e. The molecule has 0 amide bonds. The molecule has 1 atom stereocenters. The highest BCUT2D eigenvalue weighted by Gasteiger charge is 2.11. The number of hydrogen-bond donors (Lipinski definition) is 0. The minimum absolute atomic E-state index is 0.819. The first kappa shape index (κ1) is 12.6. The van der Waals surface area contributed by atoms with Gasteiger partial charge in [-0.15, -0.1) is 5.73 Å². The Morgan fingerprint density at radius 1 is 1.20 bits per heavy atom. The summed E-state index contributed by atoms with van der Waals surface area (Å²) >= 11 is 0. The van der Waals surface area contributed by atoms with Crippen molar-refractivity contribution in [1.82, 2.24) is 0 Å². The second kappa shape index (κ2) is 7.77. The summed E-state index contributed by atoms with van der Waals surface area (Å²) in [6.07, 6.45) is 14.4. The van der Waals surface area contributed by atoms with Crippen molar-refractivity contribution in [3.8, 4) is 0 Å². The van der Waals surface area contributed by atoms with Crippen molar-refractivity contribution in [2.75, 3.05) is 0 Å². The van der Waals surface area contributed by atoms with E-state index >= 15 is 0 Å². The maximum absolute atomic E-state index is 3.58. The zero-order valence-corrected chi connectivity index (χ0v) is 10.5. The molecule has 0 nitrogen and oxygen atoms in total. The zero-order valence-electron chi connectivity index (χ0n) is 10.5. The lowest BCUT2D eigenvalue weighted by atomic mass is 9.88. The van der Waals surface area contributed by atoms with Gasteiger partial charge in [-0.3, -0.25) is 0 Å². The highest BCUT2D eigenvalue weighted by atomic mass is 14.2. The van der Waals surface area contributed by atoms with Crippen LogP contribution in [0.1, 0.15) is 71.6 Å². The van der Waals surface area contributed by atoms with Crippen LogP contribution in [0.2, 0.25) is 0 Å². The van der Waals surface area contributed by atoms with Gasteiger partial charge in [-0.2, -0.15) is 0 Å². The molecule has 1 aliphatic rings. The van der Waals surface area contributed by atoms with E-state index in [4.69, 9.17) is 0 Å². The van der Waals surface area contributed by atoms with E-state index in [9.17, 15) is 0 Å². The average molecular weight is 206 g/mol. The average Bonchev–Trinajstić information content (AvgIpc) is 2.27. The van der Waals surface area contributed by atoms with Gasteiger partial charge in [0.2, 0.25) is 0 Å². The van der Waals surface area contributed by atoms with E-state index in [1.807, 2.05) is 0 Å². The molecule has 0 N–H and O–H groups in total. The minimum Gasteiger partial charge on any atom is -0.126 e. The van der Waals surface area contributed by atoms with Crippen LogP contribution >= 0.6 is 0 Å². The summed E-state index contributed by atoms with van der Waals surface area (Å²) in [6, 6.07) is 0. The standard InChI is InChI=1S/C15H26/c1-3-11-15-13-10-8-6-5-7-9-12-14(15)4-2/h10,14H,3-9,11-12H2,1-2H3. The van der Waals surface area contributed by atoms with Gasteiger partial charge in [-0.25, -0.2) is 0 Å². The van der Waals surface area contributed by atoms with Crippen LogP contribution in [0, 0.1) is 5.92 Å². The molecule has 0 bridgehead atoms. The van der Waals surface area contributed by atoms with Gasteiger partial charge in [0.15, 0.2) is 0 Å². The summed E-state index contributed by atoms with van der Waals surface area (Å²) in [5.74, 6) is 0.819. The molecule has 0 saturated carbocycles. The molecule has 86 valence electrons. The van der Waals surface area contributed by atoms with Crippen molar-refractivity contribution >= 4 is 0 Å². The fourth-order valence-corrected chi connectivity index (χ4v) is 2.48. The predicted octanol–water partition coefficient (Wildman–Crippen LogP) is 5.25. The smallest absolute Gasteiger partial charge is 0.0130 e. The molecule has 0 aliphatic heterocycles. The molecule has 1 unspecified atom stereocenters. The Labute approximate surface area is 95.5 Å². The van der Waals surface area contributed by atoms with Gasteiger partial charge in [0.1, 0.15) is 0 Å². The second-order valence-electron chi connectivity index (χ2n) is 4.72. The Morgan fingerprint density at radius 2 is 2.00 bits per heavy atom. The number of allylic oxidation sites excluding steroid dienone is 1. The monoisotopic (exact) mass is 206 g/mol. The molecular formula is C15H26. The lowest BCUT2D eigenvalue weighted by molar-refractivity contribution is 0.479. The molecule has 1 aliphatic carbocycles. The minimum atomic E-state index is 0.819. The molecule has 0 fully saturated rings. The molecule has 0 radical (unpaired) electrons. The van der Waals surface area contributed by atoms with Gasteiger partial charge >= 0.3 is 0 Å². The Bertz CT molecular complexity index is 218. The Balaban J connectivity index is 2.71. The summed E-state index contributed by atoms with van der Waals surface area (Å²) in [6.45, 7) is 4.61. The van der Waals surface area contributed by atoms with E-state index in [-0.39, 0.29) is 0 Å². The summed E-state index contributed by atoms with van der Waals surface area (Å²) in [7, 11) is 0. The molecule has 15 heavy (non-hydrogen) atoms. The molecule has 0 heterocycles. The predicted molar refractivity (Wildman–Crippen MR) is 68.0 cm³/mol. The van der Waals surface area contributed by atoms with E-state index in [1.54, 1.807) is 5.57 Å². The molecule has 0 aromatic carbocycles. The van der Waals surface area contributed by atoms with Gasteiger partial charge in [0, 0.05) is 0 Å².